The zero-order chi connectivity index (χ0) is 22.9. The number of nitrogens with zero attached hydrogens (tertiary/aromatic N) is 3. The van der Waals surface area contributed by atoms with E-state index in [2.05, 4.69) is 41.5 Å². The minimum absolute atomic E-state index is 0.0606. The number of fused-ring (bicyclic) bond motifs is 3. The summed E-state index contributed by atoms with van der Waals surface area (Å²) in [5.41, 5.74) is 4.07. The third-order valence-electron chi connectivity index (χ3n) is 6.39. The van der Waals surface area contributed by atoms with Gasteiger partial charge in [0, 0.05) is 60.2 Å². The van der Waals surface area contributed by atoms with Gasteiger partial charge in [-0.1, -0.05) is 30.3 Å². The fourth-order valence-electron chi connectivity index (χ4n) is 4.53. The van der Waals surface area contributed by atoms with Gasteiger partial charge >= 0.3 is 0 Å². The number of halogens is 1. The Morgan fingerprint density at radius 1 is 1.03 bits per heavy atom. The number of hydrogen-bond donors (Lipinski definition) is 0. The largest absolute Gasteiger partial charge is 0.489 e. The molecule has 0 amide bonds. The highest BCUT2D eigenvalue weighted by Gasteiger charge is 2.24. The fraction of sp³-hybridized carbons (Fsp3) is 0.296. The molecule has 0 saturated carbocycles. The van der Waals surface area contributed by atoms with Crippen molar-refractivity contribution in [2.24, 2.45) is 0 Å². The van der Waals surface area contributed by atoms with Crippen LogP contribution < -0.4 is 10.3 Å². The van der Waals surface area contributed by atoms with Crippen molar-refractivity contribution < 1.29 is 4.74 Å². The first kappa shape index (κ1) is 21.8. The summed E-state index contributed by atoms with van der Waals surface area (Å²) in [6, 6.07) is 22.1. The number of rotatable bonds is 5. The van der Waals surface area contributed by atoms with Crippen LogP contribution >= 0.6 is 11.6 Å². The van der Waals surface area contributed by atoms with Crippen molar-refractivity contribution in [2.45, 2.75) is 38.4 Å². The lowest BCUT2D eigenvalue weighted by Crippen LogP contribution is -2.33. The maximum Gasteiger partial charge on any atom is 0.258 e. The van der Waals surface area contributed by atoms with Crippen LogP contribution in [-0.4, -0.2) is 33.2 Å². The van der Waals surface area contributed by atoms with Crippen LogP contribution in [0.4, 0.5) is 0 Å². The molecule has 6 heteroatoms. The van der Waals surface area contributed by atoms with Crippen LogP contribution in [0, 0.1) is 0 Å². The number of pyridine rings is 1. The Morgan fingerprint density at radius 3 is 2.61 bits per heavy atom. The van der Waals surface area contributed by atoms with Gasteiger partial charge < -0.3 is 9.30 Å². The van der Waals surface area contributed by atoms with E-state index in [1.807, 2.05) is 42.5 Å². The summed E-state index contributed by atoms with van der Waals surface area (Å²) in [4.78, 5) is 15.3. The van der Waals surface area contributed by atoms with Gasteiger partial charge in [-0.25, -0.2) is 0 Å². The summed E-state index contributed by atoms with van der Waals surface area (Å²) in [5.74, 6) is 0.566. The molecule has 4 aromatic rings. The molecule has 1 aliphatic heterocycles. The smallest absolute Gasteiger partial charge is 0.258 e. The lowest BCUT2D eigenvalue weighted by atomic mass is 10.2. The SMILES string of the molecule is CC(C)N1CCn2c(cc3cc(-n4ccc(OCc5ccccc5)cc4=O)ccc32)C(Cl)C1. The van der Waals surface area contributed by atoms with Gasteiger partial charge in [0.15, 0.2) is 0 Å². The molecule has 0 N–H and O–H groups in total. The number of hydrogen-bond acceptors (Lipinski definition) is 3. The van der Waals surface area contributed by atoms with Crippen LogP contribution in [0.1, 0.15) is 30.5 Å². The Morgan fingerprint density at radius 2 is 1.85 bits per heavy atom. The summed E-state index contributed by atoms with van der Waals surface area (Å²) in [5, 5.41) is 1.04. The molecule has 5 rings (SSSR count). The van der Waals surface area contributed by atoms with Gasteiger partial charge in [0.05, 0.1) is 5.38 Å². The number of benzene rings is 2. The molecule has 33 heavy (non-hydrogen) atoms. The number of ether oxygens (including phenoxy) is 1. The first-order chi connectivity index (χ1) is 16.0. The second-order valence-corrected chi connectivity index (χ2v) is 9.39. The minimum atomic E-state index is -0.122. The average molecular weight is 462 g/mol. The molecular formula is C27H28ClN3O2. The van der Waals surface area contributed by atoms with Crippen molar-refractivity contribution in [1.82, 2.24) is 14.0 Å². The standard InChI is InChI=1S/C27H28ClN3O2/c1-19(2)29-12-13-31-25-9-8-22(14-21(25)15-26(31)24(28)17-29)30-11-10-23(16-27(30)32)33-18-20-6-4-3-5-7-20/h3-11,14-16,19,24H,12-13,17-18H2,1-2H3. The predicted octanol–water partition coefficient (Wildman–Crippen LogP) is 5.38. The van der Waals surface area contributed by atoms with Gasteiger partial charge in [-0.3, -0.25) is 14.3 Å². The van der Waals surface area contributed by atoms with Crippen molar-refractivity contribution in [1.29, 1.82) is 0 Å². The van der Waals surface area contributed by atoms with E-state index in [0.29, 0.717) is 18.4 Å². The summed E-state index contributed by atoms with van der Waals surface area (Å²) >= 11 is 6.80. The van der Waals surface area contributed by atoms with Crippen LogP contribution in [0.5, 0.6) is 5.75 Å². The predicted molar refractivity (Wildman–Crippen MR) is 134 cm³/mol. The highest BCUT2D eigenvalue weighted by Crippen LogP contribution is 2.32. The van der Waals surface area contributed by atoms with Crippen LogP contribution in [0.2, 0.25) is 0 Å². The maximum absolute atomic E-state index is 12.8. The minimum Gasteiger partial charge on any atom is -0.489 e. The molecule has 0 aliphatic carbocycles. The van der Waals surface area contributed by atoms with E-state index in [0.717, 1.165) is 47.5 Å². The molecule has 1 aliphatic rings. The van der Waals surface area contributed by atoms with E-state index < -0.39 is 0 Å². The van der Waals surface area contributed by atoms with E-state index in [1.165, 1.54) is 6.07 Å². The van der Waals surface area contributed by atoms with Gasteiger partial charge in [0.25, 0.3) is 5.56 Å². The summed E-state index contributed by atoms with van der Waals surface area (Å²) in [7, 11) is 0. The summed E-state index contributed by atoms with van der Waals surface area (Å²) < 4.78 is 9.77. The molecule has 2 aromatic carbocycles. The fourth-order valence-corrected chi connectivity index (χ4v) is 4.89. The first-order valence-electron chi connectivity index (χ1n) is 11.4. The number of aromatic nitrogens is 2. The van der Waals surface area contributed by atoms with Crippen molar-refractivity contribution in [3.63, 3.8) is 0 Å². The Balaban J connectivity index is 1.40. The second-order valence-electron chi connectivity index (χ2n) is 8.87. The lowest BCUT2D eigenvalue weighted by molar-refractivity contribution is 0.225. The molecule has 0 fully saturated rings. The molecule has 0 bridgehead atoms. The van der Waals surface area contributed by atoms with Crippen LogP contribution in [0.15, 0.2) is 77.7 Å². The first-order valence-corrected chi connectivity index (χ1v) is 11.8. The third-order valence-corrected chi connectivity index (χ3v) is 6.75. The molecular weight excluding hydrogens is 434 g/mol. The van der Waals surface area contributed by atoms with Gasteiger partial charge in [-0.2, -0.15) is 0 Å². The van der Waals surface area contributed by atoms with Crippen LogP contribution in [0.3, 0.4) is 0 Å². The van der Waals surface area contributed by atoms with E-state index in [1.54, 1.807) is 10.8 Å². The van der Waals surface area contributed by atoms with Gasteiger partial charge in [0.1, 0.15) is 12.4 Å². The normalized spacial score (nSPS) is 16.7. The Labute approximate surface area is 198 Å². The summed E-state index contributed by atoms with van der Waals surface area (Å²) in [6.45, 7) is 7.58. The van der Waals surface area contributed by atoms with Gasteiger partial charge in [0.2, 0.25) is 0 Å². The molecule has 0 spiro atoms. The lowest BCUT2D eigenvalue weighted by Gasteiger charge is -2.25. The van der Waals surface area contributed by atoms with Crippen molar-refractivity contribution in [3.8, 4) is 11.4 Å². The van der Waals surface area contributed by atoms with Crippen LogP contribution in [0.25, 0.3) is 16.6 Å². The Bertz CT molecular complexity index is 1330. The van der Waals surface area contributed by atoms with Crippen molar-refractivity contribution in [3.05, 3.63) is 94.5 Å². The number of alkyl halides is 1. The molecule has 2 aromatic heterocycles. The average Bonchev–Trinajstić information content (AvgIpc) is 3.10. The van der Waals surface area contributed by atoms with Gasteiger partial charge in [-0.15, -0.1) is 11.6 Å². The molecule has 0 radical (unpaired) electrons. The molecule has 0 saturated heterocycles. The molecule has 1 unspecified atom stereocenters. The quantitative estimate of drug-likeness (QED) is 0.375. The second kappa shape index (κ2) is 9.08. The topological polar surface area (TPSA) is 39.4 Å². The van der Waals surface area contributed by atoms with Gasteiger partial charge in [-0.05, 0) is 49.7 Å². The molecule has 5 nitrogen and oxygen atoms in total. The zero-order valence-electron chi connectivity index (χ0n) is 18.9. The molecule has 3 heterocycles. The summed E-state index contributed by atoms with van der Waals surface area (Å²) in [6.07, 6.45) is 1.77. The Kier molecular flexibility index (Phi) is 6.00. The maximum atomic E-state index is 12.8. The monoisotopic (exact) mass is 461 g/mol. The molecule has 170 valence electrons. The van der Waals surface area contributed by atoms with Crippen LogP contribution in [-0.2, 0) is 13.2 Å². The van der Waals surface area contributed by atoms with Crippen molar-refractivity contribution in [2.75, 3.05) is 13.1 Å². The van der Waals surface area contributed by atoms with E-state index >= 15 is 0 Å². The van der Waals surface area contributed by atoms with E-state index in [4.69, 9.17) is 16.3 Å². The van der Waals surface area contributed by atoms with Crippen molar-refractivity contribution >= 4 is 22.5 Å². The molecule has 1 atom stereocenters. The van der Waals surface area contributed by atoms with E-state index in [9.17, 15) is 4.79 Å². The van der Waals surface area contributed by atoms with E-state index in [-0.39, 0.29) is 10.9 Å². The highest BCUT2D eigenvalue weighted by atomic mass is 35.5. The third kappa shape index (κ3) is 4.43. The zero-order valence-corrected chi connectivity index (χ0v) is 19.7. The highest BCUT2D eigenvalue weighted by molar-refractivity contribution is 6.21. The Hall–Kier alpha value is -3.02.